The highest BCUT2D eigenvalue weighted by molar-refractivity contribution is 7.89. The molecule has 0 aromatic heterocycles. The molecular weight excluding hydrogens is 290 g/mol. The molecule has 1 aliphatic rings. The fourth-order valence-corrected chi connectivity index (χ4v) is 3.75. The Kier molecular flexibility index (Phi) is 4.26. The van der Waals surface area contributed by atoms with E-state index in [-0.39, 0.29) is 6.10 Å². The van der Waals surface area contributed by atoms with Crippen molar-refractivity contribution in [1.29, 1.82) is 0 Å². The fourth-order valence-electron chi connectivity index (χ4n) is 2.36. The minimum atomic E-state index is -4.11. The average molecular weight is 306 g/mol. The quantitative estimate of drug-likeness (QED) is 0.824. The number of nitrogen functional groups attached to an aromatic ring is 1. The standard InChI is InChI=1S/C12H16F2N2O3S/c1-19-11-4-2-3-10(11)16-20(17,18)12-6-9(15)7(13)5-8(12)14/h5-6,10-11,16H,2-4,15H2,1H3. The maximum absolute atomic E-state index is 13.6. The Bertz CT molecular complexity index is 607. The van der Waals surface area contributed by atoms with Gasteiger partial charge >= 0.3 is 0 Å². The van der Waals surface area contributed by atoms with Gasteiger partial charge in [0, 0.05) is 19.2 Å². The average Bonchev–Trinajstić information content (AvgIpc) is 2.80. The van der Waals surface area contributed by atoms with Crippen LogP contribution in [0.3, 0.4) is 0 Å². The molecular formula is C12H16F2N2O3S. The molecule has 0 amide bonds. The first kappa shape index (κ1) is 15.1. The number of nitrogens with two attached hydrogens (primary N) is 1. The molecule has 0 saturated heterocycles. The largest absolute Gasteiger partial charge is 0.396 e. The number of ether oxygens (including phenoxy) is 1. The van der Waals surface area contributed by atoms with Crippen LogP contribution in [-0.2, 0) is 14.8 Å². The van der Waals surface area contributed by atoms with Gasteiger partial charge in [0.25, 0.3) is 0 Å². The predicted octanol–water partition coefficient (Wildman–Crippen LogP) is 1.39. The van der Waals surface area contributed by atoms with Crippen LogP contribution in [0.15, 0.2) is 17.0 Å². The van der Waals surface area contributed by atoms with Crippen molar-refractivity contribution in [2.45, 2.75) is 36.3 Å². The van der Waals surface area contributed by atoms with Crippen LogP contribution < -0.4 is 10.5 Å². The second-order valence-electron chi connectivity index (χ2n) is 4.74. The van der Waals surface area contributed by atoms with Gasteiger partial charge in [-0.05, 0) is 25.3 Å². The Morgan fingerprint density at radius 1 is 1.30 bits per heavy atom. The highest BCUT2D eigenvalue weighted by Gasteiger charge is 2.32. The minimum Gasteiger partial charge on any atom is -0.396 e. The van der Waals surface area contributed by atoms with E-state index in [0.29, 0.717) is 12.5 Å². The number of halogens is 2. The summed E-state index contributed by atoms with van der Waals surface area (Å²) in [7, 11) is -2.61. The van der Waals surface area contributed by atoms with Gasteiger partial charge < -0.3 is 10.5 Å². The predicted molar refractivity (Wildman–Crippen MR) is 69.5 cm³/mol. The summed E-state index contributed by atoms with van der Waals surface area (Å²) in [4.78, 5) is -0.654. The molecule has 5 nitrogen and oxygen atoms in total. The number of methoxy groups -OCH3 is 1. The molecule has 1 aromatic rings. The number of sulfonamides is 1. The molecule has 1 fully saturated rings. The zero-order valence-electron chi connectivity index (χ0n) is 10.9. The number of rotatable bonds is 4. The maximum Gasteiger partial charge on any atom is 0.243 e. The molecule has 0 heterocycles. The summed E-state index contributed by atoms with van der Waals surface area (Å²) >= 11 is 0. The lowest BCUT2D eigenvalue weighted by Crippen LogP contribution is -2.40. The molecule has 3 N–H and O–H groups in total. The third-order valence-corrected chi connectivity index (χ3v) is 4.91. The Labute approximate surface area is 116 Å². The lowest BCUT2D eigenvalue weighted by Gasteiger charge is -2.19. The SMILES string of the molecule is COC1CCCC1NS(=O)(=O)c1cc(N)c(F)cc1F. The number of nitrogens with one attached hydrogen (secondary N) is 1. The Balaban J connectivity index is 2.29. The van der Waals surface area contributed by atoms with E-state index in [4.69, 9.17) is 10.5 Å². The van der Waals surface area contributed by atoms with Gasteiger partial charge in [0.15, 0.2) is 0 Å². The lowest BCUT2D eigenvalue weighted by atomic mass is 10.2. The van der Waals surface area contributed by atoms with Crippen molar-refractivity contribution in [2.24, 2.45) is 0 Å². The maximum atomic E-state index is 13.6. The van der Waals surface area contributed by atoms with Crippen molar-refractivity contribution < 1.29 is 21.9 Å². The normalized spacial score (nSPS) is 23.1. The number of anilines is 1. The van der Waals surface area contributed by atoms with E-state index in [0.717, 1.165) is 18.9 Å². The third-order valence-electron chi connectivity index (χ3n) is 3.40. The van der Waals surface area contributed by atoms with Crippen LogP contribution in [0.1, 0.15) is 19.3 Å². The van der Waals surface area contributed by atoms with E-state index in [1.54, 1.807) is 0 Å². The van der Waals surface area contributed by atoms with Crippen LogP contribution in [0, 0.1) is 11.6 Å². The van der Waals surface area contributed by atoms with Gasteiger partial charge in [0.1, 0.15) is 16.5 Å². The Hall–Kier alpha value is -1.25. The summed E-state index contributed by atoms with van der Waals surface area (Å²) in [5, 5.41) is 0. The van der Waals surface area contributed by atoms with E-state index >= 15 is 0 Å². The van der Waals surface area contributed by atoms with Gasteiger partial charge in [-0.15, -0.1) is 0 Å². The monoisotopic (exact) mass is 306 g/mol. The molecule has 0 spiro atoms. The van der Waals surface area contributed by atoms with Crippen LogP contribution in [0.5, 0.6) is 0 Å². The highest BCUT2D eigenvalue weighted by atomic mass is 32.2. The van der Waals surface area contributed by atoms with Gasteiger partial charge in [0.2, 0.25) is 10.0 Å². The smallest absolute Gasteiger partial charge is 0.243 e. The minimum absolute atomic E-state index is 0.245. The summed E-state index contributed by atoms with van der Waals surface area (Å²) in [6, 6.07) is 0.825. The van der Waals surface area contributed by atoms with Gasteiger partial charge in [0.05, 0.1) is 11.8 Å². The van der Waals surface area contributed by atoms with E-state index in [9.17, 15) is 17.2 Å². The van der Waals surface area contributed by atoms with Crippen molar-refractivity contribution in [3.63, 3.8) is 0 Å². The van der Waals surface area contributed by atoms with Crippen molar-refractivity contribution in [3.8, 4) is 0 Å². The van der Waals surface area contributed by atoms with Gasteiger partial charge in [-0.2, -0.15) is 0 Å². The summed E-state index contributed by atoms with van der Waals surface area (Å²) in [6.45, 7) is 0. The number of hydrogen-bond donors (Lipinski definition) is 2. The topological polar surface area (TPSA) is 81.4 Å². The van der Waals surface area contributed by atoms with Crippen molar-refractivity contribution in [3.05, 3.63) is 23.8 Å². The molecule has 0 radical (unpaired) electrons. The van der Waals surface area contributed by atoms with Crippen molar-refractivity contribution in [1.82, 2.24) is 4.72 Å². The first-order chi connectivity index (χ1) is 9.35. The molecule has 8 heteroatoms. The van der Waals surface area contributed by atoms with Crippen LogP contribution in [0.25, 0.3) is 0 Å². The summed E-state index contributed by atoms with van der Waals surface area (Å²) in [5.74, 6) is -2.16. The fraction of sp³-hybridized carbons (Fsp3) is 0.500. The van der Waals surface area contributed by atoms with Gasteiger partial charge in [-0.25, -0.2) is 21.9 Å². The summed E-state index contributed by atoms with van der Waals surface area (Å²) in [5.41, 5.74) is 4.87. The van der Waals surface area contributed by atoms with E-state index in [1.165, 1.54) is 7.11 Å². The van der Waals surface area contributed by atoms with Crippen molar-refractivity contribution >= 4 is 15.7 Å². The highest BCUT2D eigenvalue weighted by Crippen LogP contribution is 2.25. The Morgan fingerprint density at radius 3 is 2.65 bits per heavy atom. The number of benzene rings is 1. The molecule has 2 unspecified atom stereocenters. The molecule has 1 aromatic carbocycles. The van der Waals surface area contributed by atoms with Gasteiger partial charge in [-0.3, -0.25) is 0 Å². The number of hydrogen-bond acceptors (Lipinski definition) is 4. The third kappa shape index (κ3) is 2.92. The van der Waals surface area contributed by atoms with E-state index in [1.807, 2.05) is 0 Å². The zero-order valence-corrected chi connectivity index (χ0v) is 11.7. The van der Waals surface area contributed by atoms with Crippen LogP contribution in [0.4, 0.5) is 14.5 Å². The molecule has 0 bridgehead atoms. The summed E-state index contributed by atoms with van der Waals surface area (Å²) in [6.07, 6.45) is 1.92. The molecule has 1 aliphatic carbocycles. The Morgan fingerprint density at radius 2 is 2.00 bits per heavy atom. The second-order valence-corrected chi connectivity index (χ2v) is 6.42. The van der Waals surface area contributed by atoms with E-state index in [2.05, 4.69) is 4.72 Å². The first-order valence-electron chi connectivity index (χ1n) is 6.15. The molecule has 2 rings (SSSR count). The second kappa shape index (κ2) is 5.63. The van der Waals surface area contributed by atoms with Crippen LogP contribution in [0.2, 0.25) is 0 Å². The molecule has 2 atom stereocenters. The van der Waals surface area contributed by atoms with Crippen LogP contribution >= 0.6 is 0 Å². The van der Waals surface area contributed by atoms with Crippen molar-refractivity contribution in [2.75, 3.05) is 12.8 Å². The molecule has 0 aliphatic heterocycles. The van der Waals surface area contributed by atoms with E-state index < -0.39 is 38.3 Å². The lowest BCUT2D eigenvalue weighted by molar-refractivity contribution is 0.0916. The zero-order chi connectivity index (χ0) is 14.9. The first-order valence-corrected chi connectivity index (χ1v) is 7.63. The molecule has 20 heavy (non-hydrogen) atoms. The molecule has 112 valence electrons. The summed E-state index contributed by atoms with van der Waals surface area (Å²) < 4.78 is 58.6. The van der Waals surface area contributed by atoms with Crippen LogP contribution in [-0.4, -0.2) is 27.7 Å². The van der Waals surface area contributed by atoms with Gasteiger partial charge in [-0.1, -0.05) is 0 Å². The molecule has 1 saturated carbocycles.